The molecule has 35 heavy (non-hydrogen) atoms. The summed E-state index contributed by atoms with van der Waals surface area (Å²) in [7, 11) is 0. The first-order chi connectivity index (χ1) is 15.5. The van der Waals surface area contributed by atoms with E-state index >= 15 is 0 Å². The standard InChI is InChI=1S/C24H30N2O6.Co.2H2O/c27-23(28)21-5-1-19(2-6-21)17-25-9-13-31-15-11-26(12-16-32-14-10-25)18-20-3-7-22(8-4-20)24(29)30;;;/h1-8H,9-18H2,(H,27,28)(H,29,30);;2*1H2/q;+2;;. The number of hydrogen-bond donors (Lipinski definition) is 0. The Balaban J connectivity index is 0.00000385. The second-order valence-corrected chi connectivity index (χ2v) is 7.75. The maximum atomic E-state index is 10.9. The Hall–Kier alpha value is -2.35. The van der Waals surface area contributed by atoms with Crippen LogP contribution in [0.1, 0.15) is 31.8 Å². The minimum absolute atomic E-state index is 0. The summed E-state index contributed by atoms with van der Waals surface area (Å²) < 4.78 is 11.7. The Morgan fingerprint density at radius 3 is 1.17 bits per heavy atom. The summed E-state index contributed by atoms with van der Waals surface area (Å²) in [5, 5.41) is 21.8. The van der Waals surface area contributed by atoms with Crippen LogP contribution in [0.25, 0.3) is 0 Å². The third-order valence-electron chi connectivity index (χ3n) is 5.40. The molecule has 1 aliphatic heterocycles. The maximum absolute atomic E-state index is 10.9. The third-order valence-corrected chi connectivity index (χ3v) is 5.40. The molecule has 6 N–H and O–H groups in total. The number of rotatable bonds is 6. The van der Waals surface area contributed by atoms with Crippen molar-refractivity contribution in [3.63, 3.8) is 0 Å². The van der Waals surface area contributed by atoms with E-state index in [1.807, 2.05) is 0 Å². The summed E-state index contributed by atoms with van der Waals surface area (Å²) in [6, 6.07) is 13.5. The van der Waals surface area contributed by atoms with E-state index in [-0.39, 0.29) is 38.9 Å². The van der Waals surface area contributed by atoms with Gasteiger partial charge >= 0.3 is 16.8 Å². The summed E-state index contributed by atoms with van der Waals surface area (Å²) in [5.74, 6) is -2.35. The summed E-state index contributed by atoms with van der Waals surface area (Å²) in [4.78, 5) is 26.3. The van der Waals surface area contributed by atoms with Crippen LogP contribution in [0, 0.1) is 0 Å². The monoisotopic (exact) mass is 537 g/mol. The number of carboxylic acid groups (broad SMARTS) is 2. The molecular formula is C24H34CoN2O8+2. The van der Waals surface area contributed by atoms with Gasteiger partial charge in [0.05, 0.1) is 38.4 Å². The van der Waals surface area contributed by atoms with E-state index in [4.69, 9.17) is 9.47 Å². The van der Waals surface area contributed by atoms with Crippen LogP contribution >= 0.6 is 0 Å². The molecule has 0 atom stereocenters. The number of aromatic carboxylic acids is 2. The molecular weight excluding hydrogens is 503 g/mol. The van der Waals surface area contributed by atoms with E-state index in [1.54, 1.807) is 48.5 Å². The number of carboxylic acids is 2. The van der Waals surface area contributed by atoms with Crippen molar-refractivity contribution in [3.8, 4) is 0 Å². The van der Waals surface area contributed by atoms with Gasteiger partial charge in [0.25, 0.3) is 0 Å². The van der Waals surface area contributed by atoms with Gasteiger partial charge in [0, 0.05) is 39.3 Å². The molecule has 1 saturated heterocycles. The van der Waals surface area contributed by atoms with Gasteiger partial charge in [-0.15, -0.1) is 0 Å². The van der Waals surface area contributed by atoms with Crippen LogP contribution in [0.5, 0.6) is 0 Å². The number of ether oxygens (including phenoxy) is 2. The van der Waals surface area contributed by atoms with Gasteiger partial charge in [-0.05, 0) is 22.3 Å². The molecule has 1 fully saturated rings. The van der Waals surface area contributed by atoms with E-state index in [1.165, 1.54) is 0 Å². The summed E-state index contributed by atoms with van der Waals surface area (Å²) in [5.41, 5.74) is 2.40. The predicted octanol–water partition coefficient (Wildman–Crippen LogP) is -2.08. The van der Waals surface area contributed by atoms with Gasteiger partial charge in [-0.2, -0.15) is 0 Å². The van der Waals surface area contributed by atoms with Gasteiger partial charge in [-0.3, -0.25) is 9.80 Å². The zero-order valence-corrected chi connectivity index (χ0v) is 20.6. The zero-order chi connectivity index (χ0) is 22.8. The quantitative estimate of drug-likeness (QED) is 0.378. The molecule has 1 heterocycles. The molecule has 1 radical (unpaired) electrons. The number of benzene rings is 2. The van der Waals surface area contributed by atoms with E-state index < -0.39 is 11.9 Å². The SMILES string of the molecule is O=C([O-])c1ccc(CN2CCOCCN(Cc3ccc(C(=O)[O-])cc3)CCOCC2)cc1.[Co+2].[OH3+].[OH3+]. The first-order valence-corrected chi connectivity index (χ1v) is 10.7. The van der Waals surface area contributed by atoms with E-state index in [2.05, 4.69) is 9.80 Å². The Labute approximate surface area is 215 Å². The zero-order valence-electron chi connectivity index (χ0n) is 19.5. The van der Waals surface area contributed by atoms with Crippen molar-refractivity contribution >= 4 is 11.9 Å². The van der Waals surface area contributed by atoms with Gasteiger partial charge in [0.1, 0.15) is 0 Å². The smallest absolute Gasteiger partial charge is 0.545 e. The first-order valence-electron chi connectivity index (χ1n) is 10.7. The molecule has 0 aromatic heterocycles. The molecule has 0 spiro atoms. The fraction of sp³-hybridized carbons (Fsp3) is 0.417. The number of hydrogen-bond acceptors (Lipinski definition) is 8. The first kappa shape index (κ1) is 32.6. The molecule has 1 aliphatic rings. The van der Waals surface area contributed by atoms with Crippen LogP contribution in [-0.2, 0) is 50.3 Å². The normalized spacial score (nSPS) is 15.8. The Bertz CT molecular complexity index is 795. The summed E-state index contributed by atoms with van der Waals surface area (Å²) >= 11 is 0. The number of carbonyl (C=O) groups is 2. The average Bonchev–Trinajstić information content (AvgIpc) is 2.77. The number of carbonyl (C=O) groups excluding carboxylic acids is 2. The fourth-order valence-electron chi connectivity index (χ4n) is 3.53. The molecule has 0 aliphatic carbocycles. The van der Waals surface area contributed by atoms with Crippen LogP contribution in [0.2, 0.25) is 0 Å². The second-order valence-electron chi connectivity index (χ2n) is 7.75. The van der Waals surface area contributed by atoms with Gasteiger partial charge in [0.2, 0.25) is 0 Å². The molecule has 0 bridgehead atoms. The molecule has 195 valence electrons. The van der Waals surface area contributed by atoms with Crippen molar-refractivity contribution < 1.29 is 57.0 Å². The second kappa shape index (κ2) is 17.1. The Morgan fingerprint density at radius 2 is 0.914 bits per heavy atom. The summed E-state index contributed by atoms with van der Waals surface area (Å²) in [6.45, 7) is 6.72. The Morgan fingerprint density at radius 1 is 0.629 bits per heavy atom. The molecule has 2 aromatic rings. The predicted molar refractivity (Wildman–Crippen MR) is 123 cm³/mol. The molecule has 10 nitrogen and oxygen atoms in total. The molecule has 11 heteroatoms. The average molecular weight is 537 g/mol. The minimum atomic E-state index is -1.17. The topological polar surface area (TPSA) is 171 Å². The molecule has 3 rings (SSSR count). The number of nitrogens with zero attached hydrogens (tertiary/aromatic N) is 2. The van der Waals surface area contributed by atoms with E-state index in [0.717, 1.165) is 37.3 Å². The van der Waals surface area contributed by atoms with Crippen LogP contribution in [-0.4, -0.2) is 74.3 Å². The van der Waals surface area contributed by atoms with Crippen molar-refractivity contribution in [1.29, 1.82) is 0 Å². The van der Waals surface area contributed by atoms with Crippen LogP contribution in [0.15, 0.2) is 48.5 Å². The van der Waals surface area contributed by atoms with E-state index in [0.29, 0.717) is 39.5 Å². The molecule has 0 unspecified atom stereocenters. The van der Waals surface area contributed by atoms with Gasteiger partial charge in [-0.25, -0.2) is 0 Å². The van der Waals surface area contributed by atoms with Crippen LogP contribution < -0.4 is 10.2 Å². The minimum Gasteiger partial charge on any atom is -0.545 e. The van der Waals surface area contributed by atoms with Gasteiger partial charge < -0.3 is 40.2 Å². The van der Waals surface area contributed by atoms with Crippen molar-refractivity contribution in [2.75, 3.05) is 52.6 Å². The summed E-state index contributed by atoms with van der Waals surface area (Å²) in [6.07, 6.45) is 0. The fourth-order valence-corrected chi connectivity index (χ4v) is 3.53. The third kappa shape index (κ3) is 11.3. The van der Waals surface area contributed by atoms with Crippen molar-refractivity contribution in [2.45, 2.75) is 13.1 Å². The maximum Gasteiger partial charge on any atom is 2.00 e. The molecule has 0 saturated carbocycles. The molecule has 2 aromatic carbocycles. The van der Waals surface area contributed by atoms with Gasteiger partial charge in [0.15, 0.2) is 0 Å². The van der Waals surface area contributed by atoms with E-state index in [9.17, 15) is 19.8 Å². The van der Waals surface area contributed by atoms with Crippen molar-refractivity contribution in [1.82, 2.24) is 9.80 Å². The molecule has 0 amide bonds. The van der Waals surface area contributed by atoms with Crippen LogP contribution in [0.4, 0.5) is 0 Å². The van der Waals surface area contributed by atoms with Crippen molar-refractivity contribution in [3.05, 3.63) is 70.8 Å². The largest absolute Gasteiger partial charge is 2.00 e. The van der Waals surface area contributed by atoms with Crippen LogP contribution in [0.3, 0.4) is 0 Å². The van der Waals surface area contributed by atoms with Crippen molar-refractivity contribution in [2.24, 2.45) is 0 Å². The van der Waals surface area contributed by atoms with Gasteiger partial charge in [-0.1, -0.05) is 48.5 Å². The Kier molecular flexibility index (Phi) is 16.0.